The van der Waals surface area contributed by atoms with Gasteiger partial charge in [-0.3, -0.25) is 14.8 Å². The van der Waals surface area contributed by atoms with Crippen LogP contribution in [-0.2, 0) is 19.6 Å². The topological polar surface area (TPSA) is 59.6 Å². The number of hydrogen-bond acceptors (Lipinski definition) is 5. The zero-order chi connectivity index (χ0) is 30.0. The van der Waals surface area contributed by atoms with Gasteiger partial charge < -0.3 is 15.0 Å². The second-order valence-corrected chi connectivity index (χ2v) is 11.1. The number of nitrogens with two attached hydrogens (primary N) is 1. The molecule has 1 saturated heterocycles. The van der Waals surface area contributed by atoms with Crippen molar-refractivity contribution in [2.45, 2.75) is 26.0 Å². The van der Waals surface area contributed by atoms with Gasteiger partial charge in [-0.1, -0.05) is 48.0 Å². The Morgan fingerprint density at radius 3 is 2.28 bits per heavy atom. The molecule has 0 amide bonds. The predicted octanol–water partition coefficient (Wildman–Crippen LogP) is 7.02. The first kappa shape index (κ1) is 29.2. The monoisotopic (exact) mass is 605 g/mol. The second kappa shape index (κ2) is 12.4. The van der Waals surface area contributed by atoms with E-state index in [0.29, 0.717) is 6.54 Å². The summed E-state index contributed by atoms with van der Waals surface area (Å²) < 4.78 is 44.4. The molecule has 2 aromatic heterocycles. The lowest BCUT2D eigenvalue weighted by Gasteiger charge is -2.35. The quantitative estimate of drug-likeness (QED) is 0.206. The Morgan fingerprint density at radius 2 is 1.58 bits per heavy atom. The van der Waals surface area contributed by atoms with Crippen molar-refractivity contribution in [1.82, 2.24) is 19.4 Å². The lowest BCUT2D eigenvalue weighted by Crippen LogP contribution is -2.45. The third kappa shape index (κ3) is 6.86. The van der Waals surface area contributed by atoms with Gasteiger partial charge in [-0.05, 0) is 59.2 Å². The second-order valence-electron chi connectivity index (χ2n) is 10.7. The Hall–Kier alpha value is -3.89. The minimum atomic E-state index is -4.74. The molecule has 3 heterocycles. The maximum absolute atomic E-state index is 12.7. The molecule has 1 fully saturated rings. The Bertz CT molecular complexity index is 1710. The molecule has 222 valence electrons. The highest BCUT2D eigenvalue weighted by Gasteiger charge is 2.31. The van der Waals surface area contributed by atoms with Crippen LogP contribution in [0.4, 0.5) is 13.2 Å². The molecule has 0 unspecified atom stereocenters. The molecule has 3 aromatic carbocycles. The maximum Gasteiger partial charge on any atom is 0.573 e. The number of aromatic nitrogens is 2. The van der Waals surface area contributed by atoms with Crippen molar-refractivity contribution < 1.29 is 17.9 Å². The Morgan fingerprint density at radius 1 is 0.860 bits per heavy atom. The summed E-state index contributed by atoms with van der Waals surface area (Å²) in [5.74, 6) is -0.254. The number of hydrogen-bond donors (Lipinski definition) is 1. The standard InChI is InChI=1S/C33H31ClF3N5O/c34-31-4-2-1-3-25(31)21-41-15-13-40(14-16-41)20-23-5-10-32-29(17-23)30(22-42(32)27-11-12-39-26(18-27)19-38)24-6-8-28(9-7-24)43-33(35,36)37/h1-12,17-18,22H,13-16,19-21,38H2. The summed E-state index contributed by atoms with van der Waals surface area (Å²) in [5.41, 5.74) is 12.5. The molecular weight excluding hydrogens is 575 g/mol. The fourth-order valence-corrected chi connectivity index (χ4v) is 5.81. The molecule has 0 spiro atoms. The number of piperazine rings is 1. The van der Waals surface area contributed by atoms with Crippen molar-refractivity contribution in [3.05, 3.63) is 113 Å². The molecule has 10 heteroatoms. The van der Waals surface area contributed by atoms with E-state index >= 15 is 0 Å². The average molecular weight is 606 g/mol. The van der Waals surface area contributed by atoms with Crippen LogP contribution in [0.2, 0.25) is 5.02 Å². The van der Waals surface area contributed by atoms with Crippen LogP contribution in [0.15, 0.2) is 91.3 Å². The largest absolute Gasteiger partial charge is 0.573 e. The van der Waals surface area contributed by atoms with Gasteiger partial charge >= 0.3 is 6.36 Å². The van der Waals surface area contributed by atoms with Gasteiger partial charge in [0, 0.05) is 79.9 Å². The normalized spacial score (nSPS) is 14.8. The van der Waals surface area contributed by atoms with Gasteiger partial charge in [-0.2, -0.15) is 0 Å². The number of fused-ring (bicyclic) bond motifs is 1. The molecule has 0 saturated carbocycles. The summed E-state index contributed by atoms with van der Waals surface area (Å²) in [6, 6.07) is 24.3. The molecule has 5 aromatic rings. The molecule has 0 atom stereocenters. The van der Waals surface area contributed by atoms with Crippen LogP contribution in [0.25, 0.3) is 27.7 Å². The molecule has 0 aliphatic carbocycles. The number of ether oxygens (including phenoxy) is 1. The van der Waals surface area contributed by atoms with Crippen molar-refractivity contribution in [3.63, 3.8) is 0 Å². The van der Waals surface area contributed by atoms with Crippen LogP contribution in [0.1, 0.15) is 16.8 Å². The van der Waals surface area contributed by atoms with E-state index < -0.39 is 6.36 Å². The molecule has 6 rings (SSSR count). The average Bonchev–Trinajstić information content (AvgIpc) is 3.38. The number of nitrogens with zero attached hydrogens (tertiary/aromatic N) is 4. The van der Waals surface area contributed by atoms with Crippen LogP contribution < -0.4 is 10.5 Å². The number of alkyl halides is 3. The fourth-order valence-electron chi connectivity index (χ4n) is 5.61. The minimum Gasteiger partial charge on any atom is -0.406 e. The van der Waals surface area contributed by atoms with Crippen LogP contribution >= 0.6 is 11.6 Å². The van der Waals surface area contributed by atoms with Crippen molar-refractivity contribution in [3.8, 4) is 22.6 Å². The summed E-state index contributed by atoms with van der Waals surface area (Å²) in [4.78, 5) is 9.19. The van der Waals surface area contributed by atoms with Crippen molar-refractivity contribution in [1.29, 1.82) is 0 Å². The molecule has 0 bridgehead atoms. The maximum atomic E-state index is 12.7. The van der Waals surface area contributed by atoms with Crippen molar-refractivity contribution >= 4 is 22.5 Å². The van der Waals surface area contributed by atoms with Crippen molar-refractivity contribution in [2.24, 2.45) is 5.73 Å². The van der Waals surface area contributed by atoms with E-state index in [-0.39, 0.29) is 5.75 Å². The van der Waals surface area contributed by atoms with E-state index in [9.17, 15) is 13.2 Å². The Kier molecular flexibility index (Phi) is 8.41. The van der Waals surface area contributed by atoms with Gasteiger partial charge in [0.05, 0.1) is 11.2 Å². The van der Waals surface area contributed by atoms with Gasteiger partial charge in [0.1, 0.15) is 5.75 Å². The first-order chi connectivity index (χ1) is 20.8. The van der Waals surface area contributed by atoms with E-state index in [4.69, 9.17) is 17.3 Å². The fraction of sp³-hybridized carbons (Fsp3) is 0.242. The van der Waals surface area contributed by atoms with Gasteiger partial charge in [0.2, 0.25) is 0 Å². The lowest BCUT2D eigenvalue weighted by atomic mass is 10.0. The molecule has 1 aliphatic rings. The summed E-state index contributed by atoms with van der Waals surface area (Å²) in [7, 11) is 0. The number of benzene rings is 3. The Balaban J connectivity index is 1.26. The highest BCUT2D eigenvalue weighted by Crippen LogP contribution is 2.35. The van der Waals surface area contributed by atoms with Crippen LogP contribution in [0.3, 0.4) is 0 Å². The highest BCUT2D eigenvalue weighted by atomic mass is 35.5. The zero-order valence-electron chi connectivity index (χ0n) is 23.4. The van der Waals surface area contributed by atoms with E-state index in [1.165, 1.54) is 17.7 Å². The molecule has 2 N–H and O–H groups in total. The van der Waals surface area contributed by atoms with E-state index in [2.05, 4.69) is 48.4 Å². The molecule has 1 aliphatic heterocycles. The van der Waals surface area contributed by atoms with Gasteiger partial charge in [-0.25, -0.2) is 0 Å². The van der Waals surface area contributed by atoms with Crippen LogP contribution in [0.5, 0.6) is 5.75 Å². The molecule has 6 nitrogen and oxygen atoms in total. The Labute approximate surface area is 253 Å². The summed E-state index contributed by atoms with van der Waals surface area (Å²) in [5, 5.41) is 1.81. The number of halogens is 4. The first-order valence-corrected chi connectivity index (χ1v) is 14.5. The SMILES string of the molecule is NCc1cc(-n2cc(-c3ccc(OC(F)(F)F)cc3)c3cc(CN4CCN(Cc5ccccc5Cl)CC4)ccc32)ccn1. The number of pyridine rings is 1. The molecule has 43 heavy (non-hydrogen) atoms. The van der Waals surface area contributed by atoms with E-state index in [0.717, 1.165) is 83.3 Å². The van der Waals surface area contributed by atoms with Crippen molar-refractivity contribution in [2.75, 3.05) is 26.2 Å². The minimum absolute atomic E-state index is 0.254. The third-order valence-electron chi connectivity index (χ3n) is 7.78. The zero-order valence-corrected chi connectivity index (χ0v) is 24.2. The summed E-state index contributed by atoms with van der Waals surface area (Å²) >= 11 is 6.37. The van der Waals surface area contributed by atoms with Gasteiger partial charge in [0.25, 0.3) is 0 Å². The molecular formula is C33H31ClF3N5O. The van der Waals surface area contributed by atoms with Gasteiger partial charge in [0.15, 0.2) is 0 Å². The number of rotatable bonds is 8. The van der Waals surface area contributed by atoms with E-state index in [1.54, 1.807) is 18.3 Å². The van der Waals surface area contributed by atoms with Gasteiger partial charge in [-0.15, -0.1) is 13.2 Å². The third-order valence-corrected chi connectivity index (χ3v) is 8.15. The molecule has 0 radical (unpaired) electrons. The van der Waals surface area contributed by atoms with Crippen LogP contribution in [-0.4, -0.2) is 51.9 Å². The summed E-state index contributed by atoms with van der Waals surface area (Å²) in [6.45, 7) is 5.73. The first-order valence-electron chi connectivity index (χ1n) is 14.1. The smallest absolute Gasteiger partial charge is 0.406 e. The predicted molar refractivity (Wildman–Crippen MR) is 163 cm³/mol. The summed E-state index contributed by atoms with van der Waals surface area (Å²) in [6.07, 6.45) is -1.00. The lowest BCUT2D eigenvalue weighted by molar-refractivity contribution is -0.274. The highest BCUT2D eigenvalue weighted by molar-refractivity contribution is 6.31. The van der Waals surface area contributed by atoms with Crippen LogP contribution in [0, 0.1) is 0 Å². The van der Waals surface area contributed by atoms with E-state index in [1.807, 2.05) is 36.5 Å².